The van der Waals surface area contributed by atoms with Crippen molar-refractivity contribution in [1.82, 2.24) is 19.7 Å². The second-order valence-electron chi connectivity index (χ2n) is 7.02. The molecule has 0 bridgehead atoms. The van der Waals surface area contributed by atoms with Gasteiger partial charge in [0.15, 0.2) is 0 Å². The minimum absolute atomic E-state index is 0.116. The molecule has 0 radical (unpaired) electrons. The molecule has 1 unspecified atom stereocenters. The summed E-state index contributed by atoms with van der Waals surface area (Å²) < 4.78 is 2.03. The summed E-state index contributed by atoms with van der Waals surface area (Å²) in [5.41, 5.74) is 4.07. The van der Waals surface area contributed by atoms with E-state index in [0.29, 0.717) is 5.02 Å². The van der Waals surface area contributed by atoms with E-state index in [1.54, 1.807) is 0 Å². The molecule has 1 aromatic heterocycles. The van der Waals surface area contributed by atoms with Gasteiger partial charge in [-0.3, -0.25) is 14.3 Å². The molecule has 4 rings (SSSR count). The number of allylic oxidation sites excluding steroid dienone is 1. The molecule has 2 heterocycles. The third kappa shape index (κ3) is 3.48. The van der Waals surface area contributed by atoms with Gasteiger partial charge in [0.1, 0.15) is 11.6 Å². The standard InChI is InChI=1S/C24H21ClN4O/c1-4-28(5-2)23(30)15-18-14-21(17-10-12-19(25)13-11-17)20-8-6-7-9-22(20)29-16(3)26-27-24(18)29/h4-14,18H,1-2,15H2,3H3. The van der Waals surface area contributed by atoms with Gasteiger partial charge in [-0.05, 0) is 36.3 Å². The number of nitrogens with zero attached hydrogens (tertiary/aromatic N) is 4. The smallest absolute Gasteiger partial charge is 0.231 e. The molecule has 0 saturated carbocycles. The van der Waals surface area contributed by atoms with E-state index in [-0.39, 0.29) is 18.2 Å². The van der Waals surface area contributed by atoms with E-state index in [0.717, 1.165) is 34.0 Å². The van der Waals surface area contributed by atoms with Gasteiger partial charge in [0.25, 0.3) is 0 Å². The number of benzene rings is 2. The number of para-hydroxylation sites is 1. The molecule has 30 heavy (non-hydrogen) atoms. The normalized spacial score (nSPS) is 14.7. The maximum absolute atomic E-state index is 12.8. The quantitative estimate of drug-likeness (QED) is 0.569. The number of aromatic nitrogens is 3. The van der Waals surface area contributed by atoms with Crippen molar-refractivity contribution in [3.8, 4) is 5.69 Å². The van der Waals surface area contributed by atoms with Crippen molar-refractivity contribution in [2.45, 2.75) is 19.3 Å². The Kier molecular flexibility index (Phi) is 5.38. The maximum atomic E-state index is 12.8. The first-order valence-electron chi connectivity index (χ1n) is 9.59. The summed E-state index contributed by atoms with van der Waals surface area (Å²) in [6, 6.07) is 15.8. The molecular formula is C24H21ClN4O. The Morgan fingerprint density at radius 1 is 1.13 bits per heavy atom. The molecule has 3 aromatic rings. The van der Waals surface area contributed by atoms with Crippen molar-refractivity contribution < 1.29 is 4.79 Å². The minimum atomic E-state index is -0.279. The van der Waals surface area contributed by atoms with Crippen molar-refractivity contribution >= 4 is 23.1 Å². The van der Waals surface area contributed by atoms with Crippen molar-refractivity contribution in [3.05, 3.63) is 108 Å². The number of rotatable bonds is 5. The van der Waals surface area contributed by atoms with E-state index in [1.165, 1.54) is 17.3 Å². The SMILES string of the molecule is C=CN(C=C)C(=O)CC1C=C(c2ccc(Cl)cc2)c2ccccc2-n2c(C)nnc21. The summed E-state index contributed by atoms with van der Waals surface area (Å²) in [7, 11) is 0. The average molecular weight is 417 g/mol. The van der Waals surface area contributed by atoms with Gasteiger partial charge in [-0.15, -0.1) is 10.2 Å². The Balaban J connectivity index is 1.91. The lowest BCUT2D eigenvalue weighted by Crippen LogP contribution is -2.22. The third-order valence-corrected chi connectivity index (χ3v) is 5.47. The summed E-state index contributed by atoms with van der Waals surface area (Å²) in [5, 5.41) is 9.39. The van der Waals surface area contributed by atoms with Crippen LogP contribution in [0.5, 0.6) is 0 Å². The first-order chi connectivity index (χ1) is 14.5. The Hall–Kier alpha value is -3.44. The number of carbonyl (C=O) groups excluding carboxylic acids is 1. The van der Waals surface area contributed by atoms with E-state index in [1.807, 2.05) is 54.0 Å². The summed E-state index contributed by atoms with van der Waals surface area (Å²) in [4.78, 5) is 14.2. The fraction of sp³-hybridized carbons (Fsp3) is 0.125. The van der Waals surface area contributed by atoms with Crippen LogP contribution in [0, 0.1) is 6.92 Å². The van der Waals surface area contributed by atoms with Gasteiger partial charge >= 0.3 is 0 Å². The molecular weight excluding hydrogens is 396 g/mol. The number of fused-ring (bicyclic) bond motifs is 3. The average Bonchev–Trinajstić information content (AvgIpc) is 3.07. The highest BCUT2D eigenvalue weighted by molar-refractivity contribution is 6.30. The zero-order valence-electron chi connectivity index (χ0n) is 16.6. The topological polar surface area (TPSA) is 51.0 Å². The Morgan fingerprint density at radius 2 is 1.83 bits per heavy atom. The van der Waals surface area contributed by atoms with Gasteiger partial charge in [-0.25, -0.2) is 0 Å². The highest BCUT2D eigenvalue weighted by atomic mass is 35.5. The molecule has 0 saturated heterocycles. The summed E-state index contributed by atoms with van der Waals surface area (Å²) in [6.07, 6.45) is 5.22. The number of halogens is 1. The molecule has 6 heteroatoms. The monoisotopic (exact) mass is 416 g/mol. The number of hydrogen-bond donors (Lipinski definition) is 0. The van der Waals surface area contributed by atoms with Crippen LogP contribution in [0.2, 0.25) is 5.02 Å². The Labute approximate surface area is 180 Å². The molecule has 1 amide bonds. The lowest BCUT2D eigenvalue weighted by Gasteiger charge is -2.17. The van der Waals surface area contributed by atoms with Crippen molar-refractivity contribution in [3.63, 3.8) is 0 Å². The fourth-order valence-corrected chi connectivity index (χ4v) is 3.91. The molecule has 1 atom stereocenters. The van der Waals surface area contributed by atoms with Crippen LogP contribution in [0.4, 0.5) is 0 Å². The number of carbonyl (C=O) groups is 1. The van der Waals surface area contributed by atoms with Gasteiger partial charge in [0.05, 0.1) is 5.69 Å². The summed E-state index contributed by atoms with van der Waals surface area (Å²) in [6.45, 7) is 9.29. The van der Waals surface area contributed by atoms with Crippen molar-refractivity contribution in [2.75, 3.05) is 0 Å². The lowest BCUT2D eigenvalue weighted by atomic mass is 9.92. The maximum Gasteiger partial charge on any atom is 0.231 e. The molecule has 0 aliphatic carbocycles. The Bertz CT molecular complexity index is 1150. The molecule has 1 aliphatic rings. The predicted octanol–water partition coefficient (Wildman–Crippen LogP) is 5.26. The van der Waals surface area contributed by atoms with E-state index in [2.05, 4.69) is 35.5 Å². The van der Waals surface area contributed by atoms with Gasteiger partial charge < -0.3 is 0 Å². The van der Waals surface area contributed by atoms with Gasteiger partial charge in [-0.1, -0.05) is 61.2 Å². The second-order valence-corrected chi connectivity index (χ2v) is 7.46. The molecule has 0 spiro atoms. The predicted molar refractivity (Wildman–Crippen MR) is 119 cm³/mol. The molecule has 1 aliphatic heterocycles. The number of amides is 1. The van der Waals surface area contributed by atoms with Gasteiger partial charge in [0.2, 0.25) is 5.91 Å². The van der Waals surface area contributed by atoms with Gasteiger partial charge in [0, 0.05) is 35.3 Å². The van der Waals surface area contributed by atoms with Crippen LogP contribution in [0.15, 0.2) is 80.2 Å². The first-order valence-corrected chi connectivity index (χ1v) is 9.97. The largest absolute Gasteiger partial charge is 0.296 e. The molecule has 150 valence electrons. The zero-order valence-corrected chi connectivity index (χ0v) is 17.4. The highest BCUT2D eigenvalue weighted by Gasteiger charge is 2.28. The molecule has 5 nitrogen and oxygen atoms in total. The van der Waals surface area contributed by atoms with Crippen LogP contribution in [-0.2, 0) is 4.79 Å². The van der Waals surface area contributed by atoms with Gasteiger partial charge in [-0.2, -0.15) is 0 Å². The molecule has 0 N–H and O–H groups in total. The summed E-state index contributed by atoms with van der Waals surface area (Å²) in [5.74, 6) is 1.10. The van der Waals surface area contributed by atoms with Crippen LogP contribution in [0.3, 0.4) is 0 Å². The highest BCUT2D eigenvalue weighted by Crippen LogP contribution is 2.38. The van der Waals surface area contributed by atoms with Crippen LogP contribution in [0.25, 0.3) is 11.3 Å². The van der Waals surface area contributed by atoms with Crippen molar-refractivity contribution in [1.29, 1.82) is 0 Å². The third-order valence-electron chi connectivity index (χ3n) is 5.22. The number of aryl methyl sites for hydroxylation is 1. The fourth-order valence-electron chi connectivity index (χ4n) is 3.78. The lowest BCUT2D eigenvalue weighted by molar-refractivity contribution is -0.126. The first kappa shape index (κ1) is 19.9. The van der Waals surface area contributed by atoms with E-state index in [9.17, 15) is 4.79 Å². The van der Waals surface area contributed by atoms with Crippen LogP contribution < -0.4 is 0 Å². The van der Waals surface area contributed by atoms with Crippen LogP contribution in [0.1, 0.15) is 35.1 Å². The van der Waals surface area contributed by atoms with E-state index >= 15 is 0 Å². The minimum Gasteiger partial charge on any atom is -0.296 e. The Morgan fingerprint density at radius 3 is 2.53 bits per heavy atom. The van der Waals surface area contributed by atoms with Crippen LogP contribution >= 0.6 is 11.6 Å². The van der Waals surface area contributed by atoms with E-state index < -0.39 is 0 Å². The zero-order chi connectivity index (χ0) is 21.3. The second kappa shape index (κ2) is 8.13. The van der Waals surface area contributed by atoms with Crippen LogP contribution in [-0.4, -0.2) is 25.6 Å². The molecule has 2 aromatic carbocycles. The van der Waals surface area contributed by atoms with E-state index in [4.69, 9.17) is 11.6 Å². The molecule has 0 fully saturated rings. The van der Waals surface area contributed by atoms with Crippen molar-refractivity contribution in [2.24, 2.45) is 0 Å². The number of hydrogen-bond acceptors (Lipinski definition) is 3. The summed E-state index contributed by atoms with van der Waals surface area (Å²) >= 11 is 6.11.